The number of benzene rings is 2. The van der Waals surface area contributed by atoms with Crippen molar-refractivity contribution in [3.05, 3.63) is 71.3 Å². The molecule has 0 spiro atoms. The van der Waals surface area contributed by atoms with Gasteiger partial charge >= 0.3 is 6.09 Å². The van der Waals surface area contributed by atoms with Crippen LogP contribution in [0, 0.1) is 11.8 Å². The molecule has 40 heavy (non-hydrogen) atoms. The highest BCUT2D eigenvalue weighted by Crippen LogP contribution is 2.41. The van der Waals surface area contributed by atoms with E-state index in [0.717, 1.165) is 63.7 Å². The Labute approximate surface area is 240 Å². The molecular formula is C34H47N3O3. The molecule has 3 unspecified atom stereocenters. The number of alkyl carbamates (subject to hydrolysis) is 1. The topological polar surface area (TPSA) is 61.9 Å². The number of carbonyl (C=O) groups excluding carboxylic acids is 2. The average Bonchev–Trinajstić information content (AvgIpc) is 3.25. The van der Waals surface area contributed by atoms with Crippen molar-refractivity contribution < 1.29 is 14.3 Å². The number of likely N-dealkylation sites (tertiary alicyclic amines) is 1. The summed E-state index contributed by atoms with van der Waals surface area (Å²) in [7, 11) is 0. The van der Waals surface area contributed by atoms with Crippen LogP contribution in [0.3, 0.4) is 0 Å². The third kappa shape index (κ3) is 7.06. The molecule has 3 aliphatic heterocycles. The quantitative estimate of drug-likeness (QED) is 0.462. The minimum Gasteiger partial charge on any atom is -0.444 e. The zero-order valence-electron chi connectivity index (χ0n) is 24.6. The molecule has 3 heterocycles. The Balaban J connectivity index is 1.33. The summed E-state index contributed by atoms with van der Waals surface area (Å²) in [5.41, 5.74) is 3.30. The largest absolute Gasteiger partial charge is 0.444 e. The Morgan fingerprint density at radius 1 is 0.950 bits per heavy atom. The lowest BCUT2D eigenvalue weighted by Gasteiger charge is -2.40. The van der Waals surface area contributed by atoms with Gasteiger partial charge in [-0.05, 0) is 114 Å². The summed E-state index contributed by atoms with van der Waals surface area (Å²) >= 11 is 0. The maximum Gasteiger partial charge on any atom is 0.407 e. The van der Waals surface area contributed by atoms with Crippen LogP contribution < -0.4 is 5.32 Å². The highest BCUT2D eigenvalue weighted by molar-refractivity contribution is 5.94. The van der Waals surface area contributed by atoms with Crippen molar-refractivity contribution in [1.82, 2.24) is 15.1 Å². The van der Waals surface area contributed by atoms with Crippen LogP contribution >= 0.6 is 0 Å². The molecular weight excluding hydrogens is 498 g/mol. The molecule has 2 aromatic carbocycles. The zero-order valence-corrected chi connectivity index (χ0v) is 24.6. The first-order valence-corrected chi connectivity index (χ1v) is 15.4. The van der Waals surface area contributed by atoms with Crippen molar-refractivity contribution in [2.75, 3.05) is 26.2 Å². The molecule has 0 radical (unpaired) electrons. The van der Waals surface area contributed by atoms with Crippen LogP contribution in [-0.2, 0) is 17.6 Å². The zero-order chi connectivity index (χ0) is 28.1. The van der Waals surface area contributed by atoms with Gasteiger partial charge in [0.05, 0.1) is 0 Å². The Bertz CT molecular complexity index is 1140. The Hall–Kier alpha value is -2.86. The lowest BCUT2D eigenvalue weighted by molar-refractivity contribution is 0.0519. The lowest BCUT2D eigenvalue weighted by Crippen LogP contribution is -2.46. The second-order valence-electron chi connectivity index (χ2n) is 13.0. The van der Waals surface area contributed by atoms with Crippen molar-refractivity contribution in [2.45, 2.75) is 89.8 Å². The summed E-state index contributed by atoms with van der Waals surface area (Å²) < 4.78 is 5.42. The van der Waals surface area contributed by atoms with Gasteiger partial charge in [0.1, 0.15) is 5.60 Å². The van der Waals surface area contributed by atoms with Gasteiger partial charge in [-0.15, -0.1) is 0 Å². The number of carbonyl (C=O) groups is 2. The maximum absolute atomic E-state index is 13.7. The van der Waals surface area contributed by atoms with E-state index in [-0.39, 0.29) is 12.0 Å². The van der Waals surface area contributed by atoms with Gasteiger partial charge in [-0.25, -0.2) is 4.79 Å². The third-order valence-corrected chi connectivity index (χ3v) is 9.16. The number of rotatable bonds is 5. The molecule has 1 N–H and O–H groups in total. The number of hydrogen-bond donors (Lipinski definition) is 1. The van der Waals surface area contributed by atoms with E-state index in [9.17, 15) is 9.59 Å². The van der Waals surface area contributed by atoms with E-state index in [1.165, 1.54) is 24.0 Å². The lowest BCUT2D eigenvalue weighted by atomic mass is 9.79. The average molecular weight is 546 g/mol. The van der Waals surface area contributed by atoms with E-state index in [1.54, 1.807) is 0 Å². The number of ether oxygens (including phenoxy) is 1. The first-order chi connectivity index (χ1) is 19.3. The number of hydrogen-bond acceptors (Lipinski definition) is 4. The molecule has 6 rings (SSSR count). The molecule has 4 bridgehead atoms. The first-order valence-electron chi connectivity index (χ1n) is 15.4. The van der Waals surface area contributed by atoms with E-state index >= 15 is 0 Å². The van der Waals surface area contributed by atoms with Gasteiger partial charge < -0.3 is 15.0 Å². The van der Waals surface area contributed by atoms with Gasteiger partial charge in [-0.2, -0.15) is 0 Å². The maximum atomic E-state index is 13.7. The van der Waals surface area contributed by atoms with E-state index in [2.05, 4.69) is 39.4 Å². The number of aryl methyl sites for hydroxylation is 1. The number of nitrogens with one attached hydrogen (secondary N) is 1. The number of amides is 2. The van der Waals surface area contributed by atoms with Crippen LogP contribution in [-0.4, -0.2) is 65.7 Å². The second-order valence-corrected chi connectivity index (χ2v) is 13.0. The summed E-state index contributed by atoms with van der Waals surface area (Å²) in [6.07, 6.45) is 8.35. The van der Waals surface area contributed by atoms with Crippen molar-refractivity contribution >= 4 is 12.0 Å². The monoisotopic (exact) mass is 545 g/mol. The minimum absolute atomic E-state index is 0.207. The van der Waals surface area contributed by atoms with Crippen molar-refractivity contribution in [2.24, 2.45) is 11.8 Å². The van der Waals surface area contributed by atoms with E-state index < -0.39 is 5.60 Å². The Morgan fingerprint density at radius 3 is 2.48 bits per heavy atom. The molecule has 2 fully saturated rings. The van der Waals surface area contributed by atoms with E-state index in [4.69, 9.17) is 4.74 Å². The summed E-state index contributed by atoms with van der Waals surface area (Å²) in [4.78, 5) is 30.8. The molecule has 2 saturated heterocycles. The summed E-state index contributed by atoms with van der Waals surface area (Å²) in [5.74, 6) is 1.31. The van der Waals surface area contributed by atoms with Crippen molar-refractivity contribution in [3.63, 3.8) is 0 Å². The van der Waals surface area contributed by atoms with E-state index in [1.807, 2.05) is 51.1 Å². The number of fused-ring (bicyclic) bond motifs is 5. The molecule has 4 atom stereocenters. The van der Waals surface area contributed by atoms with Crippen LogP contribution in [0.25, 0.3) is 0 Å². The fraction of sp³-hybridized carbons (Fsp3) is 0.588. The van der Waals surface area contributed by atoms with E-state index in [0.29, 0.717) is 30.5 Å². The van der Waals surface area contributed by atoms with Crippen LogP contribution in [0.15, 0.2) is 54.6 Å². The molecule has 216 valence electrons. The molecule has 6 heteroatoms. The highest BCUT2D eigenvalue weighted by Gasteiger charge is 2.45. The standard InChI is InChI=1S/C34H47N3O3/c1-34(2,3)40-33(39)35-20-10-21-36-22-19-30-28-16-9-15-25-11-7-8-14-27(25)23-29(36)17-18-31(30)37(24-28)32(38)26-12-5-4-6-13-26/h4-8,11-14,28-31H,9-10,15-24H2,1-3H3,(H,35,39)/t28-,29?,30?,31?/m1/s1. The predicted octanol–water partition coefficient (Wildman–Crippen LogP) is 6.09. The van der Waals surface area contributed by atoms with Crippen LogP contribution in [0.4, 0.5) is 4.79 Å². The van der Waals surface area contributed by atoms with Gasteiger partial charge in [0.2, 0.25) is 0 Å². The van der Waals surface area contributed by atoms with Gasteiger partial charge in [0.25, 0.3) is 5.91 Å². The Morgan fingerprint density at radius 2 is 1.70 bits per heavy atom. The molecule has 6 nitrogen and oxygen atoms in total. The SMILES string of the molecule is CC(C)(C)OC(=O)NCCCN1CCC2C3CCC1Cc1ccccc1CCC[C@@H]2CN3C(=O)c1ccccc1. The van der Waals surface area contributed by atoms with Gasteiger partial charge in [0.15, 0.2) is 0 Å². The molecule has 4 aliphatic rings. The summed E-state index contributed by atoms with van der Waals surface area (Å²) in [6, 6.07) is 19.6. The van der Waals surface area contributed by atoms with Crippen LogP contribution in [0.5, 0.6) is 0 Å². The minimum atomic E-state index is -0.485. The molecule has 0 aromatic heterocycles. The normalized spacial score (nSPS) is 25.3. The summed E-state index contributed by atoms with van der Waals surface area (Å²) in [5, 5.41) is 2.94. The number of nitrogens with zero attached hydrogens (tertiary/aromatic N) is 2. The van der Waals surface area contributed by atoms with Gasteiger partial charge in [0, 0.05) is 37.3 Å². The third-order valence-electron chi connectivity index (χ3n) is 9.16. The Kier molecular flexibility index (Phi) is 9.14. The van der Waals surface area contributed by atoms with Gasteiger partial charge in [-0.3, -0.25) is 9.69 Å². The van der Waals surface area contributed by atoms with Gasteiger partial charge in [-0.1, -0.05) is 42.5 Å². The van der Waals surface area contributed by atoms with Crippen molar-refractivity contribution in [1.29, 1.82) is 0 Å². The fourth-order valence-corrected chi connectivity index (χ4v) is 7.32. The highest BCUT2D eigenvalue weighted by atomic mass is 16.6. The van der Waals surface area contributed by atoms with Crippen LogP contribution in [0.1, 0.15) is 80.8 Å². The molecule has 1 aliphatic carbocycles. The smallest absolute Gasteiger partial charge is 0.407 e. The molecule has 2 aromatic rings. The predicted molar refractivity (Wildman–Crippen MR) is 159 cm³/mol. The molecule has 0 saturated carbocycles. The molecule has 2 amide bonds. The van der Waals surface area contributed by atoms with Crippen LogP contribution in [0.2, 0.25) is 0 Å². The fourth-order valence-electron chi connectivity index (χ4n) is 7.32. The first kappa shape index (κ1) is 28.7. The van der Waals surface area contributed by atoms with Crippen molar-refractivity contribution in [3.8, 4) is 0 Å². The second kappa shape index (κ2) is 12.8. The summed E-state index contributed by atoms with van der Waals surface area (Å²) in [6.45, 7) is 9.17.